The average Bonchev–Trinajstić information content (AvgIpc) is 3.02. The number of nitrogens with zero attached hydrogens (tertiary/aromatic N) is 4. The average molecular weight is 373 g/mol. The van der Waals surface area contributed by atoms with Crippen LogP contribution < -0.4 is 5.32 Å². The maximum Gasteiger partial charge on any atom is 0.342 e. The predicted molar refractivity (Wildman–Crippen MR) is 88.9 cm³/mol. The van der Waals surface area contributed by atoms with E-state index in [1.165, 1.54) is 6.42 Å². The van der Waals surface area contributed by atoms with Gasteiger partial charge in [0.15, 0.2) is 17.3 Å². The molecule has 1 aliphatic carbocycles. The minimum Gasteiger partial charge on any atom is -0.348 e. The number of hydrogen-bond donors (Lipinski definition) is 2. The number of aliphatic hydroxyl groups excluding tert-OH is 1. The zero-order chi connectivity index (χ0) is 19.1. The highest BCUT2D eigenvalue weighted by Crippen LogP contribution is 2.19. The summed E-state index contributed by atoms with van der Waals surface area (Å²) < 4.78 is 35.4. The van der Waals surface area contributed by atoms with E-state index in [9.17, 15) is 18.0 Å². The maximum atomic E-state index is 13.9. The van der Waals surface area contributed by atoms with Gasteiger partial charge in [0.1, 0.15) is 5.69 Å². The van der Waals surface area contributed by atoms with Crippen LogP contribution in [0.5, 0.6) is 0 Å². The number of aryl methyl sites for hydroxylation is 1. The number of nitrogens with one attached hydrogen (secondary N) is 1. The lowest BCUT2D eigenvalue weighted by molar-refractivity contribution is -0.0728. The normalized spacial score (nSPS) is 14.7. The van der Waals surface area contributed by atoms with Gasteiger partial charge in [0.25, 0.3) is 5.91 Å². The van der Waals surface area contributed by atoms with Crippen LogP contribution in [0.2, 0.25) is 0 Å². The van der Waals surface area contributed by atoms with Gasteiger partial charge in [-0.05, 0) is 12.8 Å². The number of alkyl halides is 2. The van der Waals surface area contributed by atoms with Gasteiger partial charge >= 0.3 is 6.61 Å². The summed E-state index contributed by atoms with van der Waals surface area (Å²) in [6.07, 6.45) is 9.47. The standard InChI is InChI=1S/C15H18FN5O.CH2F2O.H2/c1-21-9-17-8-12(21)14-18-7-11(16)13(20-14)15(22)19-10-5-3-2-4-6-10;2-1(3)4;/h7-10H,2-6H2,1H3,(H,19,22);1,4H;1H. The van der Waals surface area contributed by atoms with Crippen LogP contribution in [0, 0.1) is 5.82 Å². The van der Waals surface area contributed by atoms with Crippen molar-refractivity contribution in [3.8, 4) is 11.5 Å². The van der Waals surface area contributed by atoms with Gasteiger partial charge in [-0.1, -0.05) is 19.3 Å². The van der Waals surface area contributed by atoms with Crippen LogP contribution in [0.3, 0.4) is 0 Å². The molecule has 0 unspecified atom stereocenters. The molecule has 1 saturated carbocycles. The Hall–Kier alpha value is -2.49. The summed E-state index contributed by atoms with van der Waals surface area (Å²) in [4.78, 5) is 24.3. The number of halogens is 3. The molecule has 2 N–H and O–H groups in total. The first-order valence-electron chi connectivity index (χ1n) is 8.14. The van der Waals surface area contributed by atoms with Gasteiger partial charge in [-0.3, -0.25) is 4.79 Å². The number of hydrogen-bond acceptors (Lipinski definition) is 5. The largest absolute Gasteiger partial charge is 0.348 e. The SMILES string of the molecule is Cn1cncc1-c1ncc(F)c(C(=O)NC2CCCCC2)n1.OC(F)F.[HH]. The molecule has 0 aromatic carbocycles. The molecule has 3 rings (SSSR count). The summed E-state index contributed by atoms with van der Waals surface area (Å²) in [7, 11) is 1.79. The minimum absolute atomic E-state index is 0. The molecule has 0 bridgehead atoms. The van der Waals surface area contributed by atoms with E-state index in [1.807, 2.05) is 0 Å². The summed E-state index contributed by atoms with van der Waals surface area (Å²) in [5, 5.41) is 9.59. The van der Waals surface area contributed by atoms with E-state index in [1.54, 1.807) is 24.1 Å². The van der Waals surface area contributed by atoms with Crippen LogP contribution in [0.25, 0.3) is 11.5 Å². The summed E-state index contributed by atoms with van der Waals surface area (Å²) >= 11 is 0. The van der Waals surface area contributed by atoms with Crippen LogP contribution in [-0.2, 0) is 7.05 Å². The quantitative estimate of drug-likeness (QED) is 0.862. The third-order valence-corrected chi connectivity index (χ3v) is 3.95. The number of aliphatic hydroxyl groups is 1. The summed E-state index contributed by atoms with van der Waals surface area (Å²) in [6.45, 7) is -3.17. The monoisotopic (exact) mass is 373 g/mol. The second-order valence-electron chi connectivity index (χ2n) is 5.87. The molecule has 0 saturated heterocycles. The minimum atomic E-state index is -3.17. The van der Waals surface area contributed by atoms with E-state index in [0.29, 0.717) is 5.69 Å². The third-order valence-electron chi connectivity index (χ3n) is 3.95. The molecular weight excluding hydrogens is 351 g/mol. The fraction of sp³-hybridized carbons (Fsp3) is 0.500. The first-order valence-corrected chi connectivity index (χ1v) is 8.14. The number of amides is 1. The lowest BCUT2D eigenvalue weighted by atomic mass is 9.95. The maximum absolute atomic E-state index is 13.9. The lowest BCUT2D eigenvalue weighted by Gasteiger charge is -2.22. The summed E-state index contributed by atoms with van der Waals surface area (Å²) in [6, 6.07) is 0.107. The molecule has 2 aromatic heterocycles. The highest BCUT2D eigenvalue weighted by atomic mass is 19.3. The third kappa shape index (κ3) is 5.51. The van der Waals surface area contributed by atoms with Crippen LogP contribution in [-0.4, -0.2) is 43.2 Å². The highest BCUT2D eigenvalue weighted by molar-refractivity contribution is 5.93. The van der Waals surface area contributed by atoms with Crippen molar-refractivity contribution in [2.24, 2.45) is 7.05 Å². The molecule has 1 fully saturated rings. The van der Waals surface area contributed by atoms with E-state index in [-0.39, 0.29) is 19.0 Å². The number of carbonyl (C=O) groups excluding carboxylic acids is 1. The molecule has 0 aliphatic heterocycles. The van der Waals surface area contributed by atoms with Gasteiger partial charge in [0, 0.05) is 14.5 Å². The van der Waals surface area contributed by atoms with Crippen LogP contribution in [0.15, 0.2) is 18.7 Å². The van der Waals surface area contributed by atoms with Gasteiger partial charge in [0.05, 0.1) is 18.7 Å². The molecule has 1 amide bonds. The number of aromatic nitrogens is 4. The molecule has 1 aliphatic rings. The molecule has 0 spiro atoms. The second-order valence-corrected chi connectivity index (χ2v) is 5.87. The Morgan fingerprint density at radius 2 is 2.00 bits per heavy atom. The predicted octanol–water partition coefficient (Wildman–Crippen LogP) is 2.53. The Bertz CT molecular complexity index is 736. The van der Waals surface area contributed by atoms with Crippen LogP contribution in [0.4, 0.5) is 13.2 Å². The Morgan fingerprint density at radius 1 is 1.35 bits per heavy atom. The summed E-state index contributed by atoms with van der Waals surface area (Å²) in [5.41, 5.74) is 0.420. The van der Waals surface area contributed by atoms with Crippen LogP contribution >= 0.6 is 0 Å². The molecule has 2 heterocycles. The molecule has 144 valence electrons. The van der Waals surface area contributed by atoms with Crippen molar-refractivity contribution in [3.63, 3.8) is 0 Å². The Labute approximate surface area is 149 Å². The fourth-order valence-electron chi connectivity index (χ4n) is 2.72. The Balaban J connectivity index is 0.000000666. The molecule has 0 radical (unpaired) electrons. The van der Waals surface area contributed by atoms with Crippen LogP contribution in [0.1, 0.15) is 44.0 Å². The zero-order valence-electron chi connectivity index (χ0n) is 14.2. The molecule has 2 aromatic rings. The number of imidazole rings is 1. The number of carbonyl (C=O) groups is 1. The first kappa shape index (κ1) is 19.8. The van der Waals surface area contributed by atoms with Gasteiger partial charge in [-0.15, -0.1) is 0 Å². The highest BCUT2D eigenvalue weighted by Gasteiger charge is 2.21. The lowest BCUT2D eigenvalue weighted by Crippen LogP contribution is -2.37. The molecular formula is C16H22F3N5O2. The number of rotatable bonds is 3. The van der Waals surface area contributed by atoms with Gasteiger partial charge in [-0.25, -0.2) is 19.3 Å². The molecule has 7 nitrogen and oxygen atoms in total. The van der Waals surface area contributed by atoms with Gasteiger partial charge in [-0.2, -0.15) is 8.78 Å². The van der Waals surface area contributed by atoms with E-state index < -0.39 is 18.3 Å². The van der Waals surface area contributed by atoms with E-state index in [4.69, 9.17) is 5.11 Å². The van der Waals surface area contributed by atoms with Crippen molar-refractivity contribution in [1.82, 2.24) is 24.8 Å². The van der Waals surface area contributed by atoms with Crippen molar-refractivity contribution >= 4 is 5.91 Å². The van der Waals surface area contributed by atoms with Crippen molar-refractivity contribution < 1.29 is 24.5 Å². The Morgan fingerprint density at radius 3 is 2.58 bits per heavy atom. The second kappa shape index (κ2) is 9.27. The van der Waals surface area contributed by atoms with Gasteiger partial charge in [0.2, 0.25) is 0 Å². The topological polar surface area (TPSA) is 92.9 Å². The zero-order valence-corrected chi connectivity index (χ0v) is 14.2. The molecule has 26 heavy (non-hydrogen) atoms. The van der Waals surface area contributed by atoms with E-state index >= 15 is 0 Å². The Kier molecular flexibility index (Phi) is 7.07. The van der Waals surface area contributed by atoms with Crippen molar-refractivity contribution in [2.75, 3.05) is 0 Å². The fourth-order valence-corrected chi connectivity index (χ4v) is 2.72. The smallest absolute Gasteiger partial charge is 0.342 e. The summed E-state index contributed by atoms with van der Waals surface area (Å²) in [5.74, 6) is -0.898. The van der Waals surface area contributed by atoms with Crippen molar-refractivity contribution in [2.45, 2.75) is 44.8 Å². The van der Waals surface area contributed by atoms with Crippen molar-refractivity contribution in [3.05, 3.63) is 30.2 Å². The van der Waals surface area contributed by atoms with E-state index in [0.717, 1.165) is 31.9 Å². The van der Waals surface area contributed by atoms with Gasteiger partial charge < -0.3 is 15.0 Å². The van der Waals surface area contributed by atoms with Crippen molar-refractivity contribution in [1.29, 1.82) is 0 Å². The first-order chi connectivity index (χ1) is 12.4. The molecule has 0 atom stereocenters. The molecule has 10 heteroatoms. The van der Waals surface area contributed by atoms with E-state index in [2.05, 4.69) is 20.3 Å².